The Morgan fingerprint density at radius 1 is 1.09 bits per heavy atom. The van der Waals surface area contributed by atoms with Crippen LogP contribution in [0.1, 0.15) is 37.0 Å². The SMILES string of the molecule is CCN(CC)CCOc1ccccc1NC(=O)C1CCN(C(=O)c2ccc(F)cc2F)CC1. The van der Waals surface area contributed by atoms with Crippen molar-refractivity contribution in [1.29, 1.82) is 0 Å². The molecule has 0 spiro atoms. The third-order valence-corrected chi connectivity index (χ3v) is 6.02. The van der Waals surface area contributed by atoms with E-state index < -0.39 is 17.5 Å². The number of carbonyl (C=O) groups excluding carboxylic acids is 2. The minimum Gasteiger partial charge on any atom is -0.490 e. The number of halogens is 2. The molecule has 1 N–H and O–H groups in total. The molecule has 178 valence electrons. The van der Waals surface area contributed by atoms with Gasteiger partial charge < -0.3 is 19.9 Å². The third-order valence-electron chi connectivity index (χ3n) is 6.02. The highest BCUT2D eigenvalue weighted by molar-refractivity contribution is 5.96. The number of likely N-dealkylation sites (N-methyl/N-ethyl adjacent to an activating group) is 1. The predicted molar refractivity (Wildman–Crippen MR) is 123 cm³/mol. The first-order chi connectivity index (χ1) is 15.9. The van der Waals surface area contributed by atoms with Gasteiger partial charge in [0.1, 0.15) is 24.0 Å². The van der Waals surface area contributed by atoms with E-state index in [1.54, 1.807) is 6.07 Å². The number of rotatable bonds is 9. The van der Waals surface area contributed by atoms with Gasteiger partial charge in [0.15, 0.2) is 0 Å². The van der Waals surface area contributed by atoms with Crippen LogP contribution in [0, 0.1) is 17.6 Å². The van der Waals surface area contributed by atoms with Crippen molar-refractivity contribution < 1.29 is 23.1 Å². The van der Waals surface area contributed by atoms with Crippen LogP contribution < -0.4 is 10.1 Å². The maximum atomic E-state index is 13.9. The van der Waals surface area contributed by atoms with Crippen molar-refractivity contribution in [2.75, 3.05) is 44.6 Å². The summed E-state index contributed by atoms with van der Waals surface area (Å²) in [5.41, 5.74) is 0.462. The van der Waals surface area contributed by atoms with Crippen LogP contribution in [0.2, 0.25) is 0 Å². The van der Waals surface area contributed by atoms with Crippen LogP contribution in [0.3, 0.4) is 0 Å². The zero-order chi connectivity index (χ0) is 23.8. The lowest BCUT2D eigenvalue weighted by atomic mass is 9.95. The van der Waals surface area contributed by atoms with Gasteiger partial charge in [-0.05, 0) is 50.2 Å². The summed E-state index contributed by atoms with van der Waals surface area (Å²) in [5.74, 6) is -1.87. The standard InChI is InChI=1S/C25H31F2N3O3/c1-3-29(4-2)15-16-33-23-8-6-5-7-22(23)28-24(31)18-11-13-30(14-12-18)25(32)20-10-9-19(26)17-21(20)27/h5-10,17-18H,3-4,11-16H2,1-2H3,(H,28,31). The average molecular weight is 460 g/mol. The highest BCUT2D eigenvalue weighted by Gasteiger charge is 2.29. The number of piperidine rings is 1. The van der Waals surface area contributed by atoms with E-state index in [4.69, 9.17) is 4.74 Å². The molecule has 0 bridgehead atoms. The first-order valence-electron chi connectivity index (χ1n) is 11.4. The molecule has 1 fully saturated rings. The number of carbonyl (C=O) groups is 2. The third kappa shape index (κ3) is 6.51. The summed E-state index contributed by atoms with van der Waals surface area (Å²) in [6, 6.07) is 10.3. The molecule has 8 heteroatoms. The van der Waals surface area contributed by atoms with Gasteiger partial charge in [-0.25, -0.2) is 8.78 Å². The minimum absolute atomic E-state index is 0.130. The summed E-state index contributed by atoms with van der Waals surface area (Å²) in [6.07, 6.45) is 0.927. The zero-order valence-electron chi connectivity index (χ0n) is 19.2. The quantitative estimate of drug-likeness (QED) is 0.611. The van der Waals surface area contributed by atoms with Crippen LogP contribution in [0.15, 0.2) is 42.5 Å². The second kappa shape index (κ2) is 11.7. The van der Waals surface area contributed by atoms with E-state index in [0.29, 0.717) is 50.0 Å². The van der Waals surface area contributed by atoms with E-state index in [0.717, 1.165) is 31.8 Å². The van der Waals surface area contributed by atoms with Crippen molar-refractivity contribution in [3.05, 3.63) is 59.7 Å². The maximum absolute atomic E-state index is 13.9. The second-order valence-corrected chi connectivity index (χ2v) is 8.05. The number of nitrogens with one attached hydrogen (secondary N) is 1. The molecular formula is C25H31F2N3O3. The van der Waals surface area contributed by atoms with Gasteiger partial charge >= 0.3 is 0 Å². The molecule has 33 heavy (non-hydrogen) atoms. The molecule has 1 saturated heterocycles. The van der Waals surface area contributed by atoms with Crippen molar-refractivity contribution in [2.24, 2.45) is 5.92 Å². The topological polar surface area (TPSA) is 61.9 Å². The Hall–Kier alpha value is -3.00. The van der Waals surface area contributed by atoms with Gasteiger partial charge in [-0.15, -0.1) is 0 Å². The predicted octanol–water partition coefficient (Wildman–Crippen LogP) is 4.18. The van der Waals surface area contributed by atoms with Gasteiger partial charge in [0, 0.05) is 31.6 Å². The van der Waals surface area contributed by atoms with E-state index in [9.17, 15) is 18.4 Å². The van der Waals surface area contributed by atoms with Crippen molar-refractivity contribution in [3.8, 4) is 5.75 Å². The number of amides is 2. The Balaban J connectivity index is 1.54. The van der Waals surface area contributed by atoms with Crippen molar-refractivity contribution in [2.45, 2.75) is 26.7 Å². The number of anilines is 1. The van der Waals surface area contributed by atoms with Gasteiger partial charge in [0.05, 0.1) is 11.3 Å². The molecule has 2 aromatic carbocycles. The minimum atomic E-state index is -0.877. The zero-order valence-corrected chi connectivity index (χ0v) is 19.2. The molecule has 3 rings (SSSR count). The Morgan fingerprint density at radius 2 is 1.79 bits per heavy atom. The molecule has 0 unspecified atom stereocenters. The number of para-hydroxylation sites is 2. The fourth-order valence-electron chi connectivity index (χ4n) is 3.93. The summed E-state index contributed by atoms with van der Waals surface area (Å²) in [4.78, 5) is 29.2. The molecule has 1 aliphatic rings. The highest BCUT2D eigenvalue weighted by atomic mass is 19.1. The highest BCUT2D eigenvalue weighted by Crippen LogP contribution is 2.27. The van der Waals surface area contributed by atoms with Gasteiger partial charge in [-0.1, -0.05) is 26.0 Å². The van der Waals surface area contributed by atoms with E-state index in [-0.39, 0.29) is 17.4 Å². The molecule has 6 nitrogen and oxygen atoms in total. The number of hydrogen-bond donors (Lipinski definition) is 1. The smallest absolute Gasteiger partial charge is 0.256 e. The summed E-state index contributed by atoms with van der Waals surface area (Å²) < 4.78 is 33.0. The van der Waals surface area contributed by atoms with Gasteiger partial charge in [-0.2, -0.15) is 0 Å². The van der Waals surface area contributed by atoms with Crippen LogP contribution in [0.25, 0.3) is 0 Å². The van der Waals surface area contributed by atoms with E-state index in [2.05, 4.69) is 24.1 Å². The molecule has 2 aromatic rings. The van der Waals surface area contributed by atoms with E-state index in [1.165, 1.54) is 4.90 Å². The van der Waals surface area contributed by atoms with E-state index in [1.807, 2.05) is 18.2 Å². The maximum Gasteiger partial charge on any atom is 0.256 e. The Morgan fingerprint density at radius 3 is 2.45 bits per heavy atom. The average Bonchev–Trinajstić information content (AvgIpc) is 2.82. The molecular weight excluding hydrogens is 428 g/mol. The molecule has 0 atom stereocenters. The van der Waals surface area contributed by atoms with Crippen LogP contribution >= 0.6 is 0 Å². The summed E-state index contributed by atoms with van der Waals surface area (Å²) >= 11 is 0. The molecule has 0 aromatic heterocycles. The Kier molecular flexibility index (Phi) is 8.77. The lowest BCUT2D eigenvalue weighted by Gasteiger charge is -2.31. The fraction of sp³-hybridized carbons (Fsp3) is 0.440. The van der Waals surface area contributed by atoms with Gasteiger partial charge in [0.25, 0.3) is 5.91 Å². The monoisotopic (exact) mass is 459 g/mol. The number of ether oxygens (including phenoxy) is 1. The summed E-state index contributed by atoms with van der Waals surface area (Å²) in [5, 5.41) is 2.95. The number of likely N-dealkylation sites (tertiary alicyclic amines) is 1. The fourth-order valence-corrected chi connectivity index (χ4v) is 3.93. The molecule has 1 aliphatic heterocycles. The number of hydrogen-bond acceptors (Lipinski definition) is 4. The van der Waals surface area contributed by atoms with Crippen LogP contribution in [0.5, 0.6) is 5.75 Å². The molecule has 2 amide bonds. The first kappa shape index (κ1) is 24.6. The number of benzene rings is 2. The van der Waals surface area contributed by atoms with E-state index >= 15 is 0 Å². The first-order valence-corrected chi connectivity index (χ1v) is 11.4. The molecule has 0 radical (unpaired) electrons. The summed E-state index contributed by atoms with van der Waals surface area (Å²) in [6.45, 7) is 8.09. The van der Waals surface area contributed by atoms with Gasteiger partial charge in [0.2, 0.25) is 5.91 Å². The van der Waals surface area contributed by atoms with Gasteiger partial charge in [-0.3, -0.25) is 9.59 Å². The molecule has 0 saturated carbocycles. The van der Waals surface area contributed by atoms with Crippen LogP contribution in [-0.2, 0) is 4.79 Å². The summed E-state index contributed by atoms with van der Waals surface area (Å²) in [7, 11) is 0. The lowest BCUT2D eigenvalue weighted by molar-refractivity contribution is -0.121. The van der Waals surface area contributed by atoms with Crippen molar-refractivity contribution in [3.63, 3.8) is 0 Å². The number of nitrogens with zero attached hydrogens (tertiary/aromatic N) is 2. The van der Waals surface area contributed by atoms with Crippen molar-refractivity contribution >= 4 is 17.5 Å². The van der Waals surface area contributed by atoms with Crippen molar-refractivity contribution in [1.82, 2.24) is 9.80 Å². The Bertz CT molecular complexity index is 958. The normalized spacial score (nSPS) is 14.4. The lowest BCUT2D eigenvalue weighted by Crippen LogP contribution is -2.41. The van der Waals surface area contributed by atoms with Crippen LogP contribution in [-0.4, -0.2) is 60.9 Å². The largest absolute Gasteiger partial charge is 0.490 e. The molecule has 1 heterocycles. The second-order valence-electron chi connectivity index (χ2n) is 8.05. The Labute approximate surface area is 193 Å². The van der Waals surface area contributed by atoms with Crippen LogP contribution in [0.4, 0.5) is 14.5 Å². The molecule has 0 aliphatic carbocycles.